The first-order valence-electron chi connectivity index (χ1n) is 10.0. The molecule has 3 heterocycles. The lowest BCUT2D eigenvalue weighted by atomic mass is 9.96. The molecule has 1 unspecified atom stereocenters. The van der Waals surface area contributed by atoms with Crippen LogP contribution in [0, 0.1) is 5.92 Å². The molecule has 1 aliphatic rings. The highest BCUT2D eigenvalue weighted by molar-refractivity contribution is 5.79. The van der Waals surface area contributed by atoms with Gasteiger partial charge in [0.25, 0.3) is 0 Å². The van der Waals surface area contributed by atoms with E-state index in [1.165, 1.54) is 0 Å². The van der Waals surface area contributed by atoms with Crippen LogP contribution in [0.5, 0.6) is 0 Å². The summed E-state index contributed by atoms with van der Waals surface area (Å²) in [4.78, 5) is 21.1. The molecule has 1 saturated heterocycles. The maximum Gasteiger partial charge on any atom is 0.227 e. The first-order valence-corrected chi connectivity index (χ1v) is 10.0. The molecule has 0 N–H and O–H groups in total. The van der Waals surface area contributed by atoms with Crippen LogP contribution in [0.25, 0.3) is 11.3 Å². The molecule has 1 atom stereocenters. The molecule has 2 aromatic rings. The Morgan fingerprint density at radius 3 is 2.67 bits per heavy atom. The number of aromatic nitrogens is 3. The number of carbonyl (C=O) groups is 1. The van der Waals surface area contributed by atoms with Crippen LogP contribution in [0.3, 0.4) is 0 Å². The van der Waals surface area contributed by atoms with Crippen LogP contribution in [-0.2, 0) is 4.79 Å². The molecule has 0 saturated carbocycles. The minimum absolute atomic E-state index is 0.0530. The molecule has 0 radical (unpaired) electrons. The zero-order chi connectivity index (χ0) is 19.1. The maximum absolute atomic E-state index is 12.9. The number of nitrogens with zero attached hydrogens (tertiary/aromatic N) is 5. The van der Waals surface area contributed by atoms with E-state index in [2.05, 4.69) is 33.9 Å². The Labute approximate surface area is 161 Å². The van der Waals surface area contributed by atoms with E-state index in [1.807, 2.05) is 29.2 Å². The van der Waals surface area contributed by atoms with Crippen LogP contribution in [0.15, 0.2) is 36.7 Å². The fraction of sp³-hybridized carbons (Fsp3) is 0.524. The number of amides is 1. The Morgan fingerprint density at radius 1 is 1.19 bits per heavy atom. The van der Waals surface area contributed by atoms with Gasteiger partial charge in [-0.2, -0.15) is 0 Å². The predicted molar refractivity (Wildman–Crippen MR) is 107 cm³/mol. The number of piperidine rings is 1. The van der Waals surface area contributed by atoms with Gasteiger partial charge < -0.3 is 9.80 Å². The van der Waals surface area contributed by atoms with Gasteiger partial charge in [0.05, 0.1) is 11.6 Å². The van der Waals surface area contributed by atoms with Crippen LogP contribution in [0.2, 0.25) is 0 Å². The summed E-state index contributed by atoms with van der Waals surface area (Å²) in [5.74, 6) is 1.19. The highest BCUT2D eigenvalue weighted by atomic mass is 16.2. The summed E-state index contributed by atoms with van der Waals surface area (Å²) in [6, 6.07) is 7.84. The normalized spacial score (nSPS) is 17.0. The van der Waals surface area contributed by atoms with Crippen molar-refractivity contribution in [2.45, 2.75) is 39.5 Å². The first-order chi connectivity index (χ1) is 13.2. The molecule has 6 heteroatoms. The van der Waals surface area contributed by atoms with Gasteiger partial charge in [-0.3, -0.25) is 9.78 Å². The molecule has 2 aromatic heterocycles. The molecule has 27 heavy (non-hydrogen) atoms. The van der Waals surface area contributed by atoms with E-state index >= 15 is 0 Å². The second-order valence-electron chi connectivity index (χ2n) is 7.07. The molecule has 0 bridgehead atoms. The average molecular weight is 367 g/mol. The van der Waals surface area contributed by atoms with Crippen LogP contribution in [0.1, 0.15) is 39.5 Å². The largest absolute Gasteiger partial charge is 0.354 e. The van der Waals surface area contributed by atoms with Crippen molar-refractivity contribution < 1.29 is 4.79 Å². The van der Waals surface area contributed by atoms with E-state index in [-0.39, 0.29) is 11.8 Å². The van der Waals surface area contributed by atoms with E-state index < -0.39 is 0 Å². The second-order valence-corrected chi connectivity index (χ2v) is 7.07. The molecule has 1 aliphatic heterocycles. The van der Waals surface area contributed by atoms with Gasteiger partial charge in [0, 0.05) is 44.1 Å². The molecule has 0 spiro atoms. The smallest absolute Gasteiger partial charge is 0.227 e. The summed E-state index contributed by atoms with van der Waals surface area (Å²) in [6.07, 6.45) is 7.65. The number of hydrogen-bond acceptors (Lipinski definition) is 5. The van der Waals surface area contributed by atoms with Crippen LogP contribution < -0.4 is 4.90 Å². The van der Waals surface area contributed by atoms with Crippen LogP contribution in [-0.4, -0.2) is 52.2 Å². The number of rotatable bonds is 7. The number of carbonyl (C=O) groups excluding carboxylic acids is 1. The van der Waals surface area contributed by atoms with Gasteiger partial charge >= 0.3 is 0 Å². The third-order valence-corrected chi connectivity index (χ3v) is 5.20. The van der Waals surface area contributed by atoms with Gasteiger partial charge in [-0.25, -0.2) is 0 Å². The third-order valence-electron chi connectivity index (χ3n) is 5.20. The summed E-state index contributed by atoms with van der Waals surface area (Å²) in [5, 5.41) is 8.79. The molecular formula is C21H29N5O. The highest BCUT2D eigenvalue weighted by Gasteiger charge is 2.29. The third kappa shape index (κ3) is 4.81. The molecule has 144 valence electrons. The van der Waals surface area contributed by atoms with Crippen molar-refractivity contribution in [3.8, 4) is 11.3 Å². The van der Waals surface area contributed by atoms with E-state index in [4.69, 9.17) is 0 Å². The quantitative estimate of drug-likeness (QED) is 0.750. The minimum atomic E-state index is 0.0530. The zero-order valence-corrected chi connectivity index (χ0v) is 16.3. The van der Waals surface area contributed by atoms with Crippen molar-refractivity contribution in [2.75, 3.05) is 31.1 Å². The van der Waals surface area contributed by atoms with Gasteiger partial charge in [0.15, 0.2) is 5.82 Å². The van der Waals surface area contributed by atoms with Crippen molar-refractivity contribution in [3.63, 3.8) is 0 Å². The lowest BCUT2D eigenvalue weighted by Gasteiger charge is -2.35. The Kier molecular flexibility index (Phi) is 6.74. The molecule has 6 nitrogen and oxygen atoms in total. The Morgan fingerprint density at radius 2 is 2.00 bits per heavy atom. The van der Waals surface area contributed by atoms with Crippen molar-refractivity contribution in [3.05, 3.63) is 36.7 Å². The molecule has 0 aromatic carbocycles. The summed E-state index contributed by atoms with van der Waals surface area (Å²) in [7, 11) is 0. The summed E-state index contributed by atoms with van der Waals surface area (Å²) < 4.78 is 0. The highest BCUT2D eigenvalue weighted by Crippen LogP contribution is 2.24. The van der Waals surface area contributed by atoms with Gasteiger partial charge in [0.2, 0.25) is 5.91 Å². The van der Waals surface area contributed by atoms with Gasteiger partial charge in [-0.05, 0) is 50.5 Å². The summed E-state index contributed by atoms with van der Waals surface area (Å²) in [5.41, 5.74) is 1.84. The SMILES string of the molecule is CCCCN(CC)C(=O)C1CCCN(c2ccc(-c3ccncc3)nn2)C1. The molecular weight excluding hydrogens is 338 g/mol. The Hall–Kier alpha value is -2.50. The number of anilines is 1. The van der Waals surface area contributed by atoms with Gasteiger partial charge in [-0.1, -0.05) is 13.3 Å². The zero-order valence-electron chi connectivity index (χ0n) is 16.3. The Bertz CT molecular complexity index is 719. The van der Waals surface area contributed by atoms with Crippen LogP contribution >= 0.6 is 0 Å². The van der Waals surface area contributed by atoms with E-state index in [0.29, 0.717) is 0 Å². The molecule has 3 rings (SSSR count). The fourth-order valence-electron chi connectivity index (χ4n) is 3.59. The van der Waals surface area contributed by atoms with E-state index in [0.717, 1.165) is 68.9 Å². The Balaban J connectivity index is 1.66. The van der Waals surface area contributed by atoms with Crippen LogP contribution in [0.4, 0.5) is 5.82 Å². The van der Waals surface area contributed by atoms with Crippen molar-refractivity contribution in [1.82, 2.24) is 20.1 Å². The number of pyridine rings is 1. The molecule has 1 fully saturated rings. The first kappa shape index (κ1) is 19.3. The monoisotopic (exact) mass is 367 g/mol. The van der Waals surface area contributed by atoms with Gasteiger partial charge in [-0.15, -0.1) is 10.2 Å². The standard InChI is InChI=1S/C21H29N5O/c1-3-5-14-25(4-2)21(27)18-7-6-15-26(16-18)20-9-8-19(23-24-20)17-10-12-22-13-11-17/h8-13,18H,3-7,14-16H2,1-2H3. The predicted octanol–water partition coefficient (Wildman–Crippen LogP) is 3.40. The topological polar surface area (TPSA) is 62.2 Å². The second kappa shape index (κ2) is 9.44. The molecule has 1 amide bonds. The summed E-state index contributed by atoms with van der Waals surface area (Å²) in [6.45, 7) is 7.53. The lowest BCUT2D eigenvalue weighted by molar-refractivity contribution is -0.135. The lowest BCUT2D eigenvalue weighted by Crippen LogP contribution is -2.45. The molecule has 0 aliphatic carbocycles. The minimum Gasteiger partial charge on any atom is -0.354 e. The fourth-order valence-corrected chi connectivity index (χ4v) is 3.59. The van der Waals surface area contributed by atoms with Crippen molar-refractivity contribution >= 4 is 11.7 Å². The number of unbranched alkanes of at least 4 members (excludes halogenated alkanes) is 1. The van der Waals surface area contributed by atoms with Crippen molar-refractivity contribution in [1.29, 1.82) is 0 Å². The van der Waals surface area contributed by atoms with Crippen molar-refractivity contribution in [2.24, 2.45) is 5.92 Å². The van der Waals surface area contributed by atoms with Gasteiger partial charge in [0.1, 0.15) is 0 Å². The number of hydrogen-bond donors (Lipinski definition) is 0. The van der Waals surface area contributed by atoms with E-state index in [9.17, 15) is 4.79 Å². The van der Waals surface area contributed by atoms with E-state index in [1.54, 1.807) is 12.4 Å². The maximum atomic E-state index is 12.9. The summed E-state index contributed by atoms with van der Waals surface area (Å²) >= 11 is 0. The average Bonchev–Trinajstić information content (AvgIpc) is 2.75.